The molecule has 2 amide bonds. The average Bonchev–Trinajstić information content (AvgIpc) is 3.08. The fourth-order valence-electron chi connectivity index (χ4n) is 2.80. The molecule has 0 aliphatic carbocycles. The summed E-state index contributed by atoms with van der Waals surface area (Å²) in [6, 6.07) is 11.9. The van der Waals surface area contributed by atoms with Gasteiger partial charge in [0.05, 0.1) is 5.52 Å². The highest BCUT2D eigenvalue weighted by atomic mass is 16.2. The van der Waals surface area contributed by atoms with Gasteiger partial charge in [0, 0.05) is 24.0 Å². The molecule has 2 N–H and O–H groups in total. The Morgan fingerprint density at radius 3 is 2.46 bits per heavy atom. The van der Waals surface area contributed by atoms with Crippen molar-refractivity contribution in [2.75, 3.05) is 11.9 Å². The summed E-state index contributed by atoms with van der Waals surface area (Å²) in [5.74, 6) is -0.619. The molecule has 7 heteroatoms. The van der Waals surface area contributed by atoms with E-state index >= 15 is 0 Å². The lowest BCUT2D eigenvalue weighted by molar-refractivity contribution is 0.0941. The third-order valence-electron chi connectivity index (χ3n) is 4.33. The van der Waals surface area contributed by atoms with E-state index in [0.29, 0.717) is 23.3 Å². The molecular weight excluding hydrogens is 356 g/mol. The first-order valence-corrected chi connectivity index (χ1v) is 9.19. The number of carbonyl (C=O) groups excluding carboxylic acids is 3. The number of ketones is 1. The highest BCUT2D eigenvalue weighted by molar-refractivity contribution is 6.09. The Balaban J connectivity index is 1.86. The third-order valence-corrected chi connectivity index (χ3v) is 4.33. The van der Waals surface area contributed by atoms with Gasteiger partial charge in [-0.15, -0.1) is 0 Å². The average molecular weight is 378 g/mol. The summed E-state index contributed by atoms with van der Waals surface area (Å²) in [7, 11) is 0. The van der Waals surface area contributed by atoms with Crippen molar-refractivity contribution in [3.05, 3.63) is 65.7 Å². The predicted octanol–water partition coefficient (Wildman–Crippen LogP) is 3.32. The van der Waals surface area contributed by atoms with Gasteiger partial charge in [-0.3, -0.25) is 18.8 Å². The number of anilines is 1. The number of Topliss-reactive ketones (excluding diaryl/α,β-unsaturated/α-hetero) is 1. The van der Waals surface area contributed by atoms with Gasteiger partial charge in [-0.05, 0) is 49.7 Å². The van der Waals surface area contributed by atoms with Crippen molar-refractivity contribution in [2.45, 2.75) is 26.7 Å². The van der Waals surface area contributed by atoms with Gasteiger partial charge >= 0.3 is 0 Å². The number of hydrogen-bond donors (Lipinski definition) is 2. The predicted molar refractivity (Wildman–Crippen MR) is 107 cm³/mol. The number of pyridine rings is 1. The summed E-state index contributed by atoms with van der Waals surface area (Å²) in [6.45, 7) is 4.08. The molecule has 0 spiro atoms. The van der Waals surface area contributed by atoms with Crippen LogP contribution in [-0.4, -0.2) is 33.5 Å². The van der Waals surface area contributed by atoms with Crippen LogP contribution in [0.15, 0.2) is 48.7 Å². The number of nitrogens with zero attached hydrogens (tertiary/aromatic N) is 2. The third kappa shape index (κ3) is 4.09. The van der Waals surface area contributed by atoms with E-state index in [1.807, 2.05) is 6.92 Å². The van der Waals surface area contributed by atoms with E-state index in [2.05, 4.69) is 15.6 Å². The van der Waals surface area contributed by atoms with E-state index in [1.165, 1.54) is 6.92 Å². The summed E-state index contributed by atoms with van der Waals surface area (Å²) >= 11 is 0. The Morgan fingerprint density at radius 2 is 1.79 bits per heavy atom. The molecule has 0 atom stereocenters. The zero-order chi connectivity index (χ0) is 20.1. The standard InChI is InChI=1S/C21H22N4O3/c1-3-4-12-22-21(28)19-24-18(17-7-5-6-13-25(17)19)20(27)23-16-10-8-15(9-11-16)14(2)26/h5-11,13H,3-4,12H2,1-2H3,(H,22,28)(H,23,27). The number of unbranched alkanes of at least 4 members (excludes halogenated alkanes) is 1. The first-order chi connectivity index (χ1) is 13.5. The maximum absolute atomic E-state index is 12.8. The maximum atomic E-state index is 12.8. The van der Waals surface area contributed by atoms with Gasteiger partial charge < -0.3 is 10.6 Å². The molecule has 0 saturated carbocycles. The molecule has 28 heavy (non-hydrogen) atoms. The minimum absolute atomic E-state index is 0.0447. The van der Waals surface area contributed by atoms with Crippen LogP contribution in [0.1, 0.15) is 58.2 Å². The zero-order valence-electron chi connectivity index (χ0n) is 15.9. The molecule has 3 rings (SSSR count). The molecule has 0 saturated heterocycles. The summed E-state index contributed by atoms with van der Waals surface area (Å²) in [5.41, 5.74) is 1.82. The van der Waals surface area contributed by atoms with E-state index in [-0.39, 0.29) is 23.2 Å². The molecule has 7 nitrogen and oxygen atoms in total. The molecule has 2 aromatic heterocycles. The molecule has 0 radical (unpaired) electrons. The first kappa shape index (κ1) is 19.3. The Bertz CT molecular complexity index is 1020. The molecule has 1 aromatic carbocycles. The van der Waals surface area contributed by atoms with Crippen LogP contribution in [0, 0.1) is 0 Å². The van der Waals surface area contributed by atoms with E-state index in [4.69, 9.17) is 0 Å². The molecule has 0 aliphatic heterocycles. The van der Waals surface area contributed by atoms with Crippen molar-refractivity contribution in [1.82, 2.24) is 14.7 Å². The molecule has 144 valence electrons. The smallest absolute Gasteiger partial charge is 0.287 e. The van der Waals surface area contributed by atoms with Crippen LogP contribution in [0.2, 0.25) is 0 Å². The first-order valence-electron chi connectivity index (χ1n) is 9.19. The van der Waals surface area contributed by atoms with Gasteiger partial charge in [0.2, 0.25) is 5.82 Å². The minimum atomic E-state index is -0.424. The molecule has 0 bridgehead atoms. The van der Waals surface area contributed by atoms with Crippen LogP contribution >= 0.6 is 0 Å². The quantitative estimate of drug-likeness (QED) is 0.487. The second-order valence-corrected chi connectivity index (χ2v) is 6.44. The molecular formula is C21H22N4O3. The topological polar surface area (TPSA) is 92.6 Å². The van der Waals surface area contributed by atoms with E-state index in [9.17, 15) is 14.4 Å². The van der Waals surface area contributed by atoms with E-state index < -0.39 is 5.91 Å². The van der Waals surface area contributed by atoms with Gasteiger partial charge in [0.15, 0.2) is 11.5 Å². The van der Waals surface area contributed by atoms with Crippen molar-refractivity contribution >= 4 is 28.8 Å². The number of carbonyl (C=O) groups is 3. The number of hydrogen-bond acceptors (Lipinski definition) is 4. The summed E-state index contributed by atoms with van der Waals surface area (Å²) in [5, 5.41) is 5.59. The number of aromatic nitrogens is 2. The van der Waals surface area contributed by atoms with Crippen LogP contribution in [-0.2, 0) is 0 Å². The second kappa shape index (κ2) is 8.47. The van der Waals surface area contributed by atoms with Gasteiger partial charge in [-0.25, -0.2) is 4.98 Å². The molecule has 0 fully saturated rings. The number of nitrogens with one attached hydrogen (secondary N) is 2. The minimum Gasteiger partial charge on any atom is -0.349 e. The monoisotopic (exact) mass is 378 g/mol. The van der Waals surface area contributed by atoms with Gasteiger partial charge in [0.1, 0.15) is 0 Å². The van der Waals surface area contributed by atoms with E-state index in [0.717, 1.165) is 12.8 Å². The lowest BCUT2D eigenvalue weighted by Gasteiger charge is -2.04. The Labute approximate surface area is 162 Å². The molecule has 2 heterocycles. The molecule has 0 unspecified atom stereocenters. The Hall–Kier alpha value is -3.48. The normalized spacial score (nSPS) is 10.6. The van der Waals surface area contributed by atoms with Crippen LogP contribution < -0.4 is 10.6 Å². The van der Waals surface area contributed by atoms with Crippen LogP contribution in [0.4, 0.5) is 5.69 Å². The lowest BCUT2D eigenvalue weighted by atomic mass is 10.1. The van der Waals surface area contributed by atoms with Gasteiger partial charge in [-0.1, -0.05) is 19.4 Å². The largest absolute Gasteiger partial charge is 0.349 e. The number of fused-ring (bicyclic) bond motifs is 1. The number of imidazole rings is 1. The number of rotatable bonds is 7. The van der Waals surface area contributed by atoms with Gasteiger partial charge in [-0.2, -0.15) is 0 Å². The number of amides is 2. The fourth-order valence-corrected chi connectivity index (χ4v) is 2.80. The van der Waals surface area contributed by atoms with Crippen molar-refractivity contribution in [3.63, 3.8) is 0 Å². The van der Waals surface area contributed by atoms with Crippen LogP contribution in [0.5, 0.6) is 0 Å². The summed E-state index contributed by atoms with van der Waals surface area (Å²) in [6.07, 6.45) is 3.55. The van der Waals surface area contributed by atoms with Crippen molar-refractivity contribution < 1.29 is 14.4 Å². The van der Waals surface area contributed by atoms with Crippen molar-refractivity contribution in [2.24, 2.45) is 0 Å². The van der Waals surface area contributed by atoms with Crippen molar-refractivity contribution in [1.29, 1.82) is 0 Å². The number of benzene rings is 1. The highest BCUT2D eigenvalue weighted by Gasteiger charge is 2.21. The Kier molecular flexibility index (Phi) is 5.84. The van der Waals surface area contributed by atoms with Crippen LogP contribution in [0.3, 0.4) is 0 Å². The maximum Gasteiger partial charge on any atom is 0.287 e. The zero-order valence-corrected chi connectivity index (χ0v) is 15.9. The summed E-state index contributed by atoms with van der Waals surface area (Å²) in [4.78, 5) is 40.9. The molecule has 3 aromatic rings. The van der Waals surface area contributed by atoms with Crippen molar-refractivity contribution in [3.8, 4) is 0 Å². The SMILES string of the molecule is CCCCNC(=O)c1nc(C(=O)Nc2ccc(C(C)=O)cc2)c2ccccn12. The van der Waals surface area contributed by atoms with E-state index in [1.54, 1.807) is 53.1 Å². The fraction of sp³-hybridized carbons (Fsp3) is 0.238. The second-order valence-electron chi connectivity index (χ2n) is 6.44. The molecule has 0 aliphatic rings. The Morgan fingerprint density at radius 1 is 1.04 bits per heavy atom. The highest BCUT2D eigenvalue weighted by Crippen LogP contribution is 2.16. The van der Waals surface area contributed by atoms with Crippen LogP contribution in [0.25, 0.3) is 5.52 Å². The summed E-state index contributed by atoms with van der Waals surface area (Å²) < 4.78 is 1.61. The lowest BCUT2D eigenvalue weighted by Crippen LogP contribution is -2.26. The van der Waals surface area contributed by atoms with Gasteiger partial charge in [0.25, 0.3) is 11.8 Å².